The molecule has 11 aromatic rings. The molecular weight excluding hydrogens is 1520 g/mol. The van der Waals surface area contributed by atoms with Gasteiger partial charge in [0.2, 0.25) is 0 Å². The van der Waals surface area contributed by atoms with Crippen molar-refractivity contribution in [2.45, 2.75) is 67.0 Å². The van der Waals surface area contributed by atoms with E-state index in [0.29, 0.717) is 89.4 Å². The van der Waals surface area contributed by atoms with Crippen molar-refractivity contribution in [2.75, 3.05) is 50.3 Å². The first-order valence-corrected chi connectivity index (χ1v) is 37.3. The van der Waals surface area contributed by atoms with Gasteiger partial charge in [0.15, 0.2) is 24.2 Å². The van der Waals surface area contributed by atoms with Gasteiger partial charge < -0.3 is 59.4 Å². The van der Waals surface area contributed by atoms with Gasteiger partial charge in [0.25, 0.3) is 5.56 Å². The number of nitriles is 2. The molecule has 1 unspecified atom stereocenters. The maximum atomic E-state index is 13.3. The van der Waals surface area contributed by atoms with E-state index in [4.69, 9.17) is 68.6 Å². The summed E-state index contributed by atoms with van der Waals surface area (Å²) in [5.74, 6) is 0.0286. The number of amidine groups is 1. The second-order valence-electron chi connectivity index (χ2n) is 19.5. The Morgan fingerprint density at radius 3 is 1.59 bits per heavy atom. The fourth-order valence-corrected chi connectivity index (χ4v) is 8.78. The summed E-state index contributed by atoms with van der Waals surface area (Å²) in [6.45, 7) is 14.0. The molecule has 0 bridgehead atoms. The van der Waals surface area contributed by atoms with E-state index < -0.39 is 35.2 Å². The number of H-pyrrole nitrogens is 4. The fraction of sp³-hybridized carbons (Fsp3) is 0.269. The molecule has 0 saturated carbocycles. The van der Waals surface area contributed by atoms with Crippen molar-refractivity contribution in [1.82, 2.24) is 64.8 Å². The van der Waals surface area contributed by atoms with Crippen LogP contribution in [-0.4, -0.2) is 140 Å². The number of carbonyl (C=O) groups is 2. The summed E-state index contributed by atoms with van der Waals surface area (Å²) in [7, 11) is 0. The molecule has 0 saturated heterocycles. The van der Waals surface area contributed by atoms with Crippen molar-refractivity contribution in [3.05, 3.63) is 185 Å². The summed E-state index contributed by atoms with van der Waals surface area (Å²) in [5, 5.41) is 27.1. The Kier molecular flexibility index (Phi) is 39.8. The maximum Gasteiger partial charge on any atom is 0.339 e. The van der Waals surface area contributed by atoms with E-state index in [1.165, 1.54) is 12.1 Å². The number of aromatic amines is 4. The van der Waals surface area contributed by atoms with Crippen LogP contribution >= 0.6 is 78.1 Å². The number of anilines is 2. The van der Waals surface area contributed by atoms with E-state index in [1.807, 2.05) is 76.2 Å². The number of nitrogens with one attached hydrogen (secondary N) is 6. The fourth-order valence-electron chi connectivity index (χ4n) is 7.99. The Morgan fingerprint density at radius 1 is 0.650 bits per heavy atom. The highest BCUT2D eigenvalue weighted by Crippen LogP contribution is 2.61. The third-order valence-electron chi connectivity index (χ3n) is 12.4. The summed E-state index contributed by atoms with van der Waals surface area (Å²) in [6.07, 6.45) is 18.1. The third-order valence-corrected chi connectivity index (χ3v) is 13.5. The first kappa shape index (κ1) is 86.0. The Balaban J connectivity index is 0.000000259. The van der Waals surface area contributed by atoms with E-state index in [0.717, 1.165) is 38.4 Å². The number of aromatic nitrogens is 13. The van der Waals surface area contributed by atoms with E-state index in [-0.39, 0.29) is 42.2 Å². The quantitative estimate of drug-likeness (QED) is 0.00668. The van der Waals surface area contributed by atoms with Crippen LogP contribution in [0.15, 0.2) is 158 Å². The highest BCUT2D eigenvalue weighted by atomic mass is 79.9. The molecule has 544 valence electrons. The van der Waals surface area contributed by atoms with Gasteiger partial charge in [0.1, 0.15) is 57.7 Å². The first-order chi connectivity index (χ1) is 49.5. The lowest BCUT2D eigenvalue weighted by molar-refractivity contribution is -0.161. The number of halogens is 7. The van der Waals surface area contributed by atoms with Crippen LogP contribution in [-0.2, 0) is 42.6 Å². The lowest BCUT2D eigenvalue weighted by Crippen LogP contribution is -2.26. The minimum atomic E-state index is -3.22. The zero-order valence-electron chi connectivity index (χ0n) is 56.2. The molecule has 36 heteroatoms. The summed E-state index contributed by atoms with van der Waals surface area (Å²) < 4.78 is 52.9. The van der Waals surface area contributed by atoms with E-state index in [1.54, 1.807) is 118 Å². The molecule has 11 rings (SSSR count). The largest absolute Gasteiger partial charge is 0.465 e. The Labute approximate surface area is 624 Å². The predicted molar refractivity (Wildman–Crippen MR) is 399 cm³/mol. The zero-order valence-corrected chi connectivity index (χ0v) is 62.5. The number of nitrogens with two attached hydrogens (primary N) is 1. The van der Waals surface area contributed by atoms with Gasteiger partial charge in [-0.05, 0) is 160 Å². The van der Waals surface area contributed by atoms with Crippen molar-refractivity contribution >= 4 is 140 Å². The number of ether oxygens (including phenoxy) is 6. The van der Waals surface area contributed by atoms with E-state index >= 15 is 0 Å². The average Bonchev–Trinajstić information content (AvgIpc) is 1.76. The number of benzene rings is 1. The van der Waals surface area contributed by atoms with Crippen LogP contribution in [0.25, 0.3) is 67.3 Å². The van der Waals surface area contributed by atoms with Crippen molar-refractivity contribution in [2.24, 2.45) is 11.7 Å². The average molecular weight is 1600 g/mol. The van der Waals surface area contributed by atoms with Crippen molar-refractivity contribution in [3.63, 3.8) is 0 Å². The molecule has 0 radical (unpaired) electrons. The van der Waals surface area contributed by atoms with Crippen molar-refractivity contribution in [3.8, 4) is 46.3 Å². The summed E-state index contributed by atoms with van der Waals surface area (Å²) in [4.78, 5) is 82.9. The van der Waals surface area contributed by atoms with Crippen molar-refractivity contribution < 1.29 is 47.0 Å². The number of pyridine rings is 4. The summed E-state index contributed by atoms with van der Waals surface area (Å²) >= 11 is 29.0. The molecule has 0 amide bonds. The van der Waals surface area contributed by atoms with Crippen LogP contribution in [0.3, 0.4) is 0 Å². The van der Waals surface area contributed by atoms with Crippen LogP contribution in [0.4, 0.5) is 15.9 Å². The standard InChI is InChI=1S/C17H11ClFN5.C11H7ClN4.C11H8N4O.C11H19NO4.C6H13BrO2.C6H7N3.C5H7NO2.Cl3OP/c18-13-8-11(3-4-14(13)19)22-17-12-5-7-21-16(12)23-15(24-17)10-2-1-6-20-9-10;12-9-8-3-5-14-11(8)16-10(15-9)7-2-1-4-13-6-7;16-11-8-3-5-13-10(8)14-9(15-11)7-2-1-4-12-6-7;1-4-14-10(15-5-2)7-9(8-12)11(13)16-6-3;1-3-8-6(5-7)9-4-2;7-6(8)5-2-1-3-9-4-5;1-2-8-5(7)3-4-6;1-5(2,3)4/h1-9H,(H2,21,22,23,24);1-6H,(H,14,15,16);1-6H,(H2,13,14,15,16);9-10H,4-7H2,1-3H3;6H,3-5H2,1-2H3;1-4H,(H3,7,8);2-3H2,1H3;. The highest BCUT2D eigenvalue weighted by Gasteiger charge is 2.25. The maximum absolute atomic E-state index is 13.3. The molecule has 0 aliphatic carbocycles. The number of hydrogen-bond donors (Lipinski definition) is 7. The molecule has 10 heterocycles. The lowest BCUT2D eigenvalue weighted by Gasteiger charge is -2.18. The van der Waals surface area contributed by atoms with Crippen LogP contribution < -0.4 is 16.6 Å². The molecule has 103 heavy (non-hydrogen) atoms. The second kappa shape index (κ2) is 47.7. The number of rotatable bonds is 21. The number of nitrogens with zero attached hydrogens (tertiary/aromatic N) is 11. The Hall–Kier alpha value is -9.40. The van der Waals surface area contributed by atoms with Crippen LogP contribution in [0, 0.1) is 39.8 Å². The number of carbonyl (C=O) groups excluding carboxylic acids is 2. The Bertz CT molecular complexity index is 4520. The monoisotopic (exact) mass is 1590 g/mol. The van der Waals surface area contributed by atoms with Crippen molar-refractivity contribution in [1.29, 1.82) is 15.9 Å². The van der Waals surface area contributed by atoms with Crippen LogP contribution in [0.1, 0.15) is 59.9 Å². The molecule has 8 N–H and O–H groups in total. The van der Waals surface area contributed by atoms with Crippen LogP contribution in [0.5, 0.6) is 0 Å². The van der Waals surface area contributed by atoms with Gasteiger partial charge in [-0.25, -0.2) is 29.3 Å². The van der Waals surface area contributed by atoms with Gasteiger partial charge in [0, 0.05) is 129 Å². The van der Waals surface area contributed by atoms with Gasteiger partial charge in [-0.1, -0.05) is 39.1 Å². The molecule has 0 fully saturated rings. The smallest absolute Gasteiger partial charge is 0.339 e. The molecular formula is C67H72BrCl5FN18O10P. The highest BCUT2D eigenvalue weighted by molar-refractivity contribution is 9.09. The summed E-state index contributed by atoms with van der Waals surface area (Å²) in [6, 6.07) is 28.0. The zero-order chi connectivity index (χ0) is 75.5. The van der Waals surface area contributed by atoms with E-state index in [9.17, 15) is 23.3 Å². The minimum absolute atomic E-state index is 0.0480. The SMILES string of the molecule is CCOC(=O)C(C#N)CC(OCC)OCC.CCOC(=O)CC#N.CCOC(CBr)OCC.Clc1nc(-c2cccnc2)nc2[nH]ccc12.Fc1ccc(Nc2nc(-c3cccnc3)nc3[nH]ccc23)cc1Cl.N=C(N)c1cccnc1.O=P(Cl)(Cl)Cl.O=c1[nH]c(-c2cccnc2)nc2[nH]ccc12. The minimum Gasteiger partial charge on any atom is -0.465 e. The predicted octanol–water partition coefficient (Wildman–Crippen LogP) is 15.4. The van der Waals surface area contributed by atoms with Gasteiger partial charge >= 0.3 is 17.1 Å². The lowest BCUT2D eigenvalue weighted by atomic mass is 10.1. The molecule has 28 nitrogen and oxygen atoms in total. The van der Waals surface area contributed by atoms with Gasteiger partial charge in [0.05, 0.1) is 51.9 Å². The summed E-state index contributed by atoms with van der Waals surface area (Å²) in [5.41, 5.74) is 10.8. The number of fused-ring (bicyclic) bond motifs is 3. The van der Waals surface area contributed by atoms with Gasteiger partial charge in [-0.2, -0.15) is 10.5 Å². The normalized spacial score (nSPS) is 10.7. The number of nitrogen functional groups attached to an aromatic ring is 1. The number of esters is 2. The first-order valence-electron chi connectivity index (χ1n) is 31.0. The molecule has 0 spiro atoms. The second-order valence-corrected chi connectivity index (χ2v) is 27.6. The number of alkyl halides is 1. The van der Waals surface area contributed by atoms with E-state index in [2.05, 4.69) is 124 Å². The molecule has 0 aliphatic rings. The third kappa shape index (κ3) is 31.8. The molecule has 1 atom stereocenters. The Morgan fingerprint density at radius 2 is 1.14 bits per heavy atom. The van der Waals surface area contributed by atoms with Gasteiger partial charge in [-0.3, -0.25) is 44.3 Å². The topological polar surface area (TPSA) is 412 Å². The van der Waals surface area contributed by atoms with Gasteiger partial charge in [-0.15, -0.1) is 0 Å². The molecule has 1 aromatic carbocycles. The number of hydrogen-bond acceptors (Lipinski definition) is 23. The van der Waals surface area contributed by atoms with Crippen LogP contribution in [0.2, 0.25) is 10.2 Å². The molecule has 10 aromatic heterocycles. The molecule has 0 aliphatic heterocycles.